The van der Waals surface area contributed by atoms with E-state index in [9.17, 15) is 9.46 Å². The van der Waals surface area contributed by atoms with Crippen molar-refractivity contribution < 1.29 is 23.8 Å². The number of hydrogen-bond donors (Lipinski definition) is 2. The van der Waals surface area contributed by atoms with Gasteiger partial charge >= 0.3 is 7.60 Å². The Balaban J connectivity index is 4.63. The Labute approximate surface area is 90.5 Å². The van der Waals surface area contributed by atoms with Gasteiger partial charge in [0.2, 0.25) is 0 Å². The van der Waals surface area contributed by atoms with E-state index in [-0.39, 0.29) is 11.7 Å². The van der Waals surface area contributed by atoms with Crippen molar-refractivity contribution in [3.8, 4) is 0 Å². The van der Waals surface area contributed by atoms with Gasteiger partial charge in [-0.1, -0.05) is 20.3 Å². The van der Waals surface area contributed by atoms with E-state index in [2.05, 4.69) is 5.45 Å². The Hall–Kier alpha value is 0.0200. The quantitative estimate of drug-likeness (QED) is 0.551. The fourth-order valence-electron chi connectivity index (χ4n) is 0.780. The van der Waals surface area contributed by atoms with Crippen LogP contribution >= 0.6 is 15.6 Å². The molecule has 0 aliphatic carbocycles. The van der Waals surface area contributed by atoms with Gasteiger partial charge in [-0.3, -0.25) is 4.57 Å². The molecular weight excluding hydrogens is 238 g/mol. The standard InChI is InChI=1S/C8H16O5P2/c1-3-5-6-13-14(9)7-8(4-2)15(10,11)12/h3-6H2,1-2H3,(H2,10,11,12). The zero-order chi connectivity index (χ0) is 11.9. The Kier molecular flexibility index (Phi) is 7.33. The van der Waals surface area contributed by atoms with E-state index in [4.69, 9.17) is 14.3 Å². The first kappa shape index (κ1) is 15.0. The highest BCUT2D eigenvalue weighted by atomic mass is 31.2. The summed E-state index contributed by atoms with van der Waals surface area (Å²) in [4.78, 5) is 28.8. The third kappa shape index (κ3) is 6.99. The predicted molar refractivity (Wildman–Crippen MR) is 58.6 cm³/mol. The molecule has 0 heterocycles. The summed E-state index contributed by atoms with van der Waals surface area (Å²) < 4.78 is 15.7. The molecule has 0 saturated carbocycles. The van der Waals surface area contributed by atoms with Crippen LogP contribution in [0.4, 0.5) is 0 Å². The Morgan fingerprint density at radius 2 is 2.13 bits per heavy atom. The van der Waals surface area contributed by atoms with Crippen molar-refractivity contribution in [1.82, 2.24) is 0 Å². The molecule has 88 valence electrons. The molecule has 7 heteroatoms. The van der Waals surface area contributed by atoms with Crippen molar-refractivity contribution in [2.24, 2.45) is 0 Å². The van der Waals surface area contributed by atoms with Gasteiger partial charge in [-0.2, -0.15) is 4.52 Å². The number of unbranched alkanes of at least 4 members (excludes halogenated alkanes) is 1. The van der Waals surface area contributed by atoms with Gasteiger partial charge in [0.25, 0.3) is 8.00 Å². The van der Waals surface area contributed by atoms with Crippen LogP contribution in [0.15, 0.2) is 5.31 Å². The molecule has 1 unspecified atom stereocenters. The maximum atomic E-state index is 11.2. The molecule has 0 aromatic heterocycles. The second-order valence-corrected chi connectivity index (χ2v) is 5.52. The zero-order valence-corrected chi connectivity index (χ0v) is 10.6. The number of hydrogen-bond acceptors (Lipinski definition) is 3. The molecule has 5 nitrogen and oxygen atoms in total. The number of rotatable bonds is 6. The molecule has 0 rings (SSSR count). The van der Waals surface area contributed by atoms with Gasteiger partial charge in [0.05, 0.1) is 6.61 Å². The predicted octanol–water partition coefficient (Wildman–Crippen LogP) is 1.35. The summed E-state index contributed by atoms with van der Waals surface area (Å²) in [6.07, 6.45) is 1.79. The third-order valence-electron chi connectivity index (χ3n) is 1.61. The van der Waals surface area contributed by atoms with E-state index in [1.54, 1.807) is 6.92 Å². The van der Waals surface area contributed by atoms with E-state index in [1.165, 1.54) is 0 Å². The lowest BCUT2D eigenvalue weighted by molar-refractivity contribution is -0.171. The molecule has 0 spiro atoms. The van der Waals surface area contributed by atoms with Crippen LogP contribution < -0.4 is 4.89 Å². The van der Waals surface area contributed by atoms with Gasteiger partial charge < -0.3 is 14.7 Å². The van der Waals surface area contributed by atoms with Gasteiger partial charge in [0.15, 0.2) is 0 Å². The minimum Gasteiger partial charge on any atom is -0.595 e. The molecule has 0 saturated heterocycles. The summed E-state index contributed by atoms with van der Waals surface area (Å²) in [5.41, 5.74) is 2.21. The smallest absolute Gasteiger partial charge is 0.363 e. The fraction of sp³-hybridized carbons (Fsp3) is 0.750. The highest BCUT2D eigenvalue weighted by molar-refractivity contribution is 7.58. The molecule has 2 N–H and O–H groups in total. The topological polar surface area (TPSA) is 89.8 Å². The highest BCUT2D eigenvalue weighted by Crippen LogP contribution is 2.45. The lowest BCUT2D eigenvalue weighted by atomic mass is 10.4. The summed E-state index contributed by atoms with van der Waals surface area (Å²) in [7, 11) is -6.56. The summed E-state index contributed by atoms with van der Waals surface area (Å²) in [5, 5.41) is -0.250. The maximum Gasteiger partial charge on any atom is 0.363 e. The number of allylic oxidation sites excluding steroid dienone is 1. The first-order chi connectivity index (χ1) is 6.91. The normalized spacial score (nSPS) is 12.2. The monoisotopic (exact) mass is 254 g/mol. The molecule has 0 radical (unpaired) electrons. The second kappa shape index (κ2) is 7.32. The van der Waals surface area contributed by atoms with Crippen LogP contribution in [0.2, 0.25) is 0 Å². The van der Waals surface area contributed by atoms with Crippen molar-refractivity contribution in [2.45, 2.75) is 33.1 Å². The fourth-order valence-corrected chi connectivity index (χ4v) is 2.69. The molecule has 0 aliphatic rings. The van der Waals surface area contributed by atoms with Crippen LogP contribution in [0.25, 0.3) is 0 Å². The van der Waals surface area contributed by atoms with E-state index in [0.717, 1.165) is 12.8 Å². The van der Waals surface area contributed by atoms with Crippen LogP contribution in [0.1, 0.15) is 33.1 Å². The van der Waals surface area contributed by atoms with E-state index in [1.807, 2.05) is 6.92 Å². The van der Waals surface area contributed by atoms with Crippen LogP contribution in [0.3, 0.4) is 0 Å². The zero-order valence-electron chi connectivity index (χ0n) is 8.84. The molecule has 0 fully saturated rings. The van der Waals surface area contributed by atoms with Gasteiger partial charge in [0.1, 0.15) is 10.8 Å². The van der Waals surface area contributed by atoms with Crippen LogP contribution in [-0.4, -0.2) is 21.8 Å². The van der Waals surface area contributed by atoms with Gasteiger partial charge in [-0.15, -0.1) is 0 Å². The van der Waals surface area contributed by atoms with E-state index < -0.39 is 15.6 Å². The van der Waals surface area contributed by atoms with Crippen LogP contribution in [0.5, 0.6) is 0 Å². The van der Waals surface area contributed by atoms with Crippen molar-refractivity contribution in [3.63, 3.8) is 0 Å². The summed E-state index contributed by atoms with van der Waals surface area (Å²) in [6.45, 7) is 3.84. The molecule has 0 aliphatic heterocycles. The van der Waals surface area contributed by atoms with Crippen molar-refractivity contribution >= 4 is 21.0 Å². The Morgan fingerprint density at radius 1 is 1.53 bits per heavy atom. The van der Waals surface area contributed by atoms with Gasteiger partial charge in [-0.25, -0.2) is 0 Å². The Bertz CT molecular complexity index is 300. The molecule has 1 atom stereocenters. The average Bonchev–Trinajstić information content (AvgIpc) is 2.12. The maximum absolute atomic E-state index is 11.2. The van der Waals surface area contributed by atoms with Crippen molar-refractivity contribution in [2.75, 3.05) is 6.61 Å². The SMILES string of the molecule is CCCCO[P+]([O-])=C=C(CC)P(=O)(O)O. The van der Waals surface area contributed by atoms with E-state index >= 15 is 0 Å². The molecule has 0 aromatic carbocycles. The highest BCUT2D eigenvalue weighted by Gasteiger charge is 2.21. The van der Waals surface area contributed by atoms with E-state index in [0.29, 0.717) is 6.61 Å². The summed E-state index contributed by atoms with van der Waals surface area (Å²) in [5.74, 6) is 0. The first-order valence-electron chi connectivity index (χ1n) is 4.70. The molecular formula is C8H16O5P2. The molecule has 0 amide bonds. The lowest BCUT2D eigenvalue weighted by Gasteiger charge is -2.01. The molecule has 15 heavy (non-hydrogen) atoms. The minimum absolute atomic E-state index is 0.114. The van der Waals surface area contributed by atoms with Crippen molar-refractivity contribution in [1.29, 1.82) is 0 Å². The molecule has 0 bridgehead atoms. The lowest BCUT2D eigenvalue weighted by Crippen LogP contribution is -1.96. The molecule has 0 aromatic rings. The van der Waals surface area contributed by atoms with Crippen molar-refractivity contribution in [3.05, 3.63) is 5.31 Å². The van der Waals surface area contributed by atoms with Crippen LogP contribution in [0, 0.1) is 0 Å². The van der Waals surface area contributed by atoms with Gasteiger partial charge in [-0.05, 0) is 12.8 Å². The first-order valence-corrected chi connectivity index (χ1v) is 7.49. The summed E-state index contributed by atoms with van der Waals surface area (Å²) >= 11 is 0. The van der Waals surface area contributed by atoms with Crippen LogP contribution in [-0.2, 0) is 9.09 Å². The minimum atomic E-state index is -4.33. The average molecular weight is 254 g/mol. The van der Waals surface area contributed by atoms with Gasteiger partial charge in [0, 0.05) is 0 Å². The summed E-state index contributed by atoms with van der Waals surface area (Å²) in [6, 6.07) is 0. The third-order valence-corrected chi connectivity index (χ3v) is 3.79. The Morgan fingerprint density at radius 3 is 2.53 bits per heavy atom. The second-order valence-electron chi connectivity index (χ2n) is 2.90. The largest absolute Gasteiger partial charge is 0.595 e.